The van der Waals surface area contributed by atoms with Gasteiger partial charge in [0.15, 0.2) is 5.78 Å². The molecule has 100 valence electrons. The van der Waals surface area contributed by atoms with Gasteiger partial charge >= 0.3 is 6.18 Å². The van der Waals surface area contributed by atoms with Crippen molar-refractivity contribution in [2.75, 3.05) is 0 Å². The Bertz CT molecular complexity index is 589. The summed E-state index contributed by atoms with van der Waals surface area (Å²) in [5.74, 6) is 0.0337. The minimum Gasteiger partial charge on any atom is -0.298 e. The summed E-state index contributed by atoms with van der Waals surface area (Å²) in [4.78, 5) is 12.0. The number of hydrogen-bond acceptors (Lipinski definition) is 4. The number of carbonyl (C=O) groups excluding carboxylic acids is 1. The first-order valence-corrected chi connectivity index (χ1v) is 5.31. The van der Waals surface area contributed by atoms with Crippen LogP contribution in [0.2, 0.25) is 0 Å². The number of hydrogen-bond donors (Lipinski definition) is 0. The van der Waals surface area contributed by atoms with Crippen molar-refractivity contribution in [2.24, 2.45) is 0 Å². The predicted molar refractivity (Wildman–Crippen MR) is 58.9 cm³/mol. The van der Waals surface area contributed by atoms with Crippen LogP contribution in [0.15, 0.2) is 24.3 Å². The molecule has 0 bridgehead atoms. The van der Waals surface area contributed by atoms with Crippen molar-refractivity contribution in [2.45, 2.75) is 19.6 Å². The lowest BCUT2D eigenvalue weighted by Gasteiger charge is -2.05. The van der Waals surface area contributed by atoms with E-state index in [1.807, 2.05) is 0 Å². The number of aromatic nitrogens is 4. The van der Waals surface area contributed by atoms with Gasteiger partial charge in [-0.3, -0.25) is 4.79 Å². The number of Topliss-reactive ketones (excluding diaryl/α,β-unsaturated/α-hetero) is 1. The summed E-state index contributed by atoms with van der Waals surface area (Å²) in [5.41, 5.74) is -0.338. The predicted octanol–water partition coefficient (Wildman–Crippen LogP) is 1.95. The quantitative estimate of drug-likeness (QED) is 0.855. The van der Waals surface area contributed by atoms with Crippen molar-refractivity contribution < 1.29 is 18.0 Å². The molecule has 0 aliphatic rings. The fourth-order valence-electron chi connectivity index (χ4n) is 1.43. The highest BCUT2D eigenvalue weighted by atomic mass is 19.4. The molecule has 2 aromatic rings. The van der Waals surface area contributed by atoms with Crippen molar-refractivity contribution in [1.29, 1.82) is 0 Å². The molecule has 8 heteroatoms. The molecule has 5 nitrogen and oxygen atoms in total. The van der Waals surface area contributed by atoms with E-state index >= 15 is 0 Å². The second-order valence-corrected chi connectivity index (χ2v) is 3.92. The summed E-state index contributed by atoms with van der Waals surface area (Å²) in [7, 11) is 0. The zero-order chi connectivity index (χ0) is 14.0. The number of nitrogens with zero attached hydrogens (tertiary/aromatic N) is 4. The van der Waals surface area contributed by atoms with Crippen LogP contribution in [0, 0.1) is 0 Å². The van der Waals surface area contributed by atoms with Crippen LogP contribution in [-0.4, -0.2) is 26.0 Å². The minimum absolute atomic E-state index is 0.0202. The van der Waals surface area contributed by atoms with E-state index in [2.05, 4.69) is 15.4 Å². The molecule has 1 heterocycles. The summed E-state index contributed by atoms with van der Waals surface area (Å²) in [6.45, 7) is 1.36. The van der Waals surface area contributed by atoms with Crippen LogP contribution in [0.25, 0.3) is 11.4 Å². The molecule has 0 fully saturated rings. The highest BCUT2D eigenvalue weighted by Gasteiger charge is 2.30. The smallest absolute Gasteiger partial charge is 0.298 e. The first kappa shape index (κ1) is 13.2. The van der Waals surface area contributed by atoms with Gasteiger partial charge in [0.2, 0.25) is 5.82 Å². The second-order valence-electron chi connectivity index (χ2n) is 3.92. The van der Waals surface area contributed by atoms with Crippen LogP contribution in [0.3, 0.4) is 0 Å². The Balaban J connectivity index is 2.23. The normalized spacial score (nSPS) is 11.6. The first-order valence-electron chi connectivity index (χ1n) is 5.31. The largest absolute Gasteiger partial charge is 0.416 e. The topological polar surface area (TPSA) is 60.7 Å². The molecule has 0 atom stereocenters. The molecule has 0 aliphatic carbocycles. The van der Waals surface area contributed by atoms with E-state index in [0.717, 1.165) is 16.9 Å². The zero-order valence-electron chi connectivity index (χ0n) is 9.85. The molecule has 0 amide bonds. The maximum atomic E-state index is 12.4. The number of carbonyl (C=O) groups is 1. The van der Waals surface area contributed by atoms with Crippen LogP contribution in [0.1, 0.15) is 12.5 Å². The molecule has 0 N–H and O–H groups in total. The Morgan fingerprint density at radius 1 is 1.26 bits per heavy atom. The van der Waals surface area contributed by atoms with Crippen molar-refractivity contribution in [1.82, 2.24) is 20.2 Å². The van der Waals surface area contributed by atoms with Gasteiger partial charge in [0, 0.05) is 5.56 Å². The molecular formula is C11H9F3N4O. The number of halogens is 3. The molecule has 2 rings (SSSR count). The van der Waals surface area contributed by atoms with E-state index in [1.54, 1.807) is 0 Å². The van der Waals surface area contributed by atoms with Crippen LogP contribution in [0.4, 0.5) is 13.2 Å². The van der Waals surface area contributed by atoms with Gasteiger partial charge < -0.3 is 0 Å². The van der Waals surface area contributed by atoms with Crippen LogP contribution >= 0.6 is 0 Å². The van der Waals surface area contributed by atoms with Crippen LogP contribution < -0.4 is 0 Å². The molecule has 0 radical (unpaired) electrons. The second kappa shape index (κ2) is 4.79. The van der Waals surface area contributed by atoms with Gasteiger partial charge in [0.25, 0.3) is 0 Å². The van der Waals surface area contributed by atoms with Gasteiger partial charge in [0.05, 0.1) is 5.56 Å². The summed E-state index contributed by atoms with van der Waals surface area (Å²) in [6.07, 6.45) is -4.38. The molecule has 1 aromatic heterocycles. The molecule has 0 saturated heterocycles. The first-order chi connectivity index (χ1) is 8.86. The number of alkyl halides is 3. The number of benzene rings is 1. The van der Waals surface area contributed by atoms with Gasteiger partial charge in [-0.25, -0.2) is 0 Å². The average Bonchev–Trinajstić information content (AvgIpc) is 2.75. The fraction of sp³-hybridized carbons (Fsp3) is 0.273. The van der Waals surface area contributed by atoms with Gasteiger partial charge in [-0.15, -0.1) is 10.2 Å². The third kappa shape index (κ3) is 3.15. The Labute approximate surface area is 106 Å². The fourth-order valence-corrected chi connectivity index (χ4v) is 1.43. The molecular weight excluding hydrogens is 261 g/mol. The molecule has 1 aromatic carbocycles. The molecule has 0 saturated carbocycles. The lowest BCUT2D eigenvalue weighted by molar-refractivity contribution is -0.137. The van der Waals surface area contributed by atoms with Gasteiger partial charge in [0.1, 0.15) is 6.54 Å². The molecule has 0 aliphatic heterocycles. The Morgan fingerprint density at radius 3 is 2.42 bits per heavy atom. The Morgan fingerprint density at radius 2 is 1.89 bits per heavy atom. The van der Waals surface area contributed by atoms with E-state index in [0.29, 0.717) is 5.56 Å². The van der Waals surface area contributed by atoms with Crippen molar-refractivity contribution in [3.8, 4) is 11.4 Å². The highest BCUT2D eigenvalue weighted by Crippen LogP contribution is 2.30. The Kier molecular flexibility index (Phi) is 3.32. The third-order valence-corrected chi connectivity index (χ3v) is 2.29. The van der Waals surface area contributed by atoms with E-state index in [4.69, 9.17) is 0 Å². The summed E-state index contributed by atoms with van der Waals surface area (Å²) in [5, 5.41) is 11.2. The summed E-state index contributed by atoms with van der Waals surface area (Å²) < 4.78 is 37.2. The van der Waals surface area contributed by atoms with Crippen LogP contribution in [-0.2, 0) is 17.5 Å². The van der Waals surface area contributed by atoms with Gasteiger partial charge in [-0.1, -0.05) is 12.1 Å². The van der Waals surface area contributed by atoms with E-state index in [9.17, 15) is 18.0 Å². The van der Waals surface area contributed by atoms with Crippen LogP contribution in [0.5, 0.6) is 0 Å². The maximum absolute atomic E-state index is 12.4. The van der Waals surface area contributed by atoms with E-state index in [-0.39, 0.29) is 18.2 Å². The molecule has 19 heavy (non-hydrogen) atoms. The lowest BCUT2D eigenvalue weighted by Crippen LogP contribution is -2.09. The highest BCUT2D eigenvalue weighted by molar-refractivity contribution is 5.75. The number of tetrazole rings is 1. The van der Waals surface area contributed by atoms with E-state index < -0.39 is 11.7 Å². The number of ketones is 1. The zero-order valence-corrected chi connectivity index (χ0v) is 9.85. The maximum Gasteiger partial charge on any atom is 0.416 e. The van der Waals surface area contributed by atoms with Crippen molar-refractivity contribution >= 4 is 5.78 Å². The van der Waals surface area contributed by atoms with Crippen molar-refractivity contribution in [3.63, 3.8) is 0 Å². The van der Waals surface area contributed by atoms with Gasteiger partial charge in [-0.2, -0.15) is 18.0 Å². The van der Waals surface area contributed by atoms with Gasteiger partial charge in [-0.05, 0) is 24.3 Å². The summed E-state index contributed by atoms with van der Waals surface area (Å²) >= 11 is 0. The summed E-state index contributed by atoms with van der Waals surface area (Å²) in [6, 6.07) is 4.41. The number of rotatable bonds is 3. The van der Waals surface area contributed by atoms with E-state index in [1.165, 1.54) is 19.1 Å². The SMILES string of the molecule is CC(=O)Cn1nnc(-c2ccc(C(F)(F)F)cc2)n1. The lowest BCUT2D eigenvalue weighted by atomic mass is 10.1. The third-order valence-electron chi connectivity index (χ3n) is 2.29. The Hall–Kier alpha value is -2.25. The average molecular weight is 270 g/mol. The van der Waals surface area contributed by atoms with Crippen molar-refractivity contribution in [3.05, 3.63) is 29.8 Å². The standard InChI is InChI=1S/C11H9F3N4O/c1-7(19)6-18-16-10(15-17-18)8-2-4-9(5-3-8)11(12,13)14/h2-5H,6H2,1H3. The molecule has 0 spiro atoms. The monoisotopic (exact) mass is 270 g/mol. The molecule has 0 unspecified atom stereocenters. The minimum atomic E-state index is -4.38.